The maximum absolute atomic E-state index is 13.7. The summed E-state index contributed by atoms with van der Waals surface area (Å²) in [4.78, 5) is 69.4. The average Bonchev–Trinajstić information content (AvgIpc) is 3.55. The highest BCUT2D eigenvalue weighted by Gasteiger charge is 2.61. The molecule has 2 unspecified atom stereocenters. The lowest BCUT2D eigenvalue weighted by Gasteiger charge is -2.43. The number of fused-ring (bicyclic) bond motifs is 2. The second kappa shape index (κ2) is 14.2. The lowest BCUT2D eigenvalue weighted by Crippen LogP contribution is -2.62. The van der Waals surface area contributed by atoms with Crippen molar-refractivity contribution in [2.24, 2.45) is 11.5 Å². The van der Waals surface area contributed by atoms with Crippen LogP contribution in [-0.4, -0.2) is 117 Å². The third-order valence-electron chi connectivity index (χ3n) is 12.7. The van der Waals surface area contributed by atoms with Crippen molar-refractivity contribution in [1.82, 2.24) is 29.6 Å². The summed E-state index contributed by atoms with van der Waals surface area (Å²) in [6.07, 6.45) is 4.29. The Morgan fingerprint density at radius 2 is 1.08 bits per heavy atom. The van der Waals surface area contributed by atoms with Crippen molar-refractivity contribution in [3.8, 4) is 22.3 Å². The largest absolute Gasteiger partial charge is 0.443 e. The Bertz CT molecular complexity index is 2620. The number of piperazine rings is 2. The summed E-state index contributed by atoms with van der Waals surface area (Å²) in [6.45, 7) is 3.52. The Labute approximate surface area is 339 Å². The van der Waals surface area contributed by atoms with Gasteiger partial charge in [0.15, 0.2) is 17.6 Å². The lowest BCUT2D eigenvalue weighted by molar-refractivity contribution is -0.141. The Kier molecular flexibility index (Phi) is 8.87. The second-order valence-corrected chi connectivity index (χ2v) is 16.4. The molecule has 4 heterocycles. The molecule has 2 saturated heterocycles. The predicted octanol–water partition coefficient (Wildman–Crippen LogP) is 4.64. The number of nitrogens with two attached hydrogens (primary N) is 2. The summed E-state index contributed by atoms with van der Waals surface area (Å²) >= 11 is 0. The smallest absolute Gasteiger partial charge is 0.253 e. The van der Waals surface area contributed by atoms with E-state index < -0.39 is 11.1 Å². The van der Waals surface area contributed by atoms with Crippen LogP contribution >= 0.6 is 0 Å². The van der Waals surface area contributed by atoms with Gasteiger partial charge in [-0.05, 0) is 96.5 Å². The minimum atomic E-state index is -1.12. The molecule has 0 radical (unpaired) electrons. The highest BCUT2D eigenvalue weighted by molar-refractivity contribution is 5.97. The molecule has 0 bridgehead atoms. The molecule has 2 aliphatic heterocycles. The maximum atomic E-state index is 13.7. The molecular formula is C45H44N8O6. The first kappa shape index (κ1) is 36.9. The van der Waals surface area contributed by atoms with Gasteiger partial charge in [0.1, 0.15) is 16.6 Å². The molecule has 2 aliphatic carbocycles. The summed E-state index contributed by atoms with van der Waals surface area (Å²) in [6, 6.07) is 26.5. The zero-order chi connectivity index (χ0) is 40.5. The number of hydrogen-bond acceptors (Lipinski definition) is 10. The first-order chi connectivity index (χ1) is 28.6. The van der Waals surface area contributed by atoms with Gasteiger partial charge in [-0.1, -0.05) is 36.4 Å². The quantitative estimate of drug-likeness (QED) is 0.231. The minimum Gasteiger partial charge on any atom is -0.443 e. The van der Waals surface area contributed by atoms with Crippen LogP contribution < -0.4 is 11.5 Å². The van der Waals surface area contributed by atoms with Crippen molar-refractivity contribution < 1.29 is 28.0 Å². The van der Waals surface area contributed by atoms with Crippen LogP contribution in [0.25, 0.3) is 44.5 Å². The number of amides is 4. The fourth-order valence-corrected chi connectivity index (χ4v) is 8.72. The van der Waals surface area contributed by atoms with E-state index in [0.29, 0.717) is 86.9 Å². The van der Waals surface area contributed by atoms with Gasteiger partial charge in [-0.15, -0.1) is 0 Å². The summed E-state index contributed by atoms with van der Waals surface area (Å²) in [5.41, 5.74) is 18.8. The molecule has 300 valence electrons. The van der Waals surface area contributed by atoms with Gasteiger partial charge in [0.05, 0.1) is 11.5 Å². The molecule has 2 atom stereocenters. The van der Waals surface area contributed by atoms with E-state index in [1.165, 1.54) is 6.39 Å². The molecule has 6 aromatic rings. The monoisotopic (exact) mass is 792 g/mol. The molecule has 4 amide bonds. The van der Waals surface area contributed by atoms with Crippen molar-refractivity contribution in [2.75, 3.05) is 52.4 Å². The van der Waals surface area contributed by atoms with E-state index in [1.807, 2.05) is 84.9 Å². The van der Waals surface area contributed by atoms with Gasteiger partial charge in [-0.3, -0.25) is 19.2 Å². The number of rotatable bonds is 7. The molecule has 4 aromatic carbocycles. The van der Waals surface area contributed by atoms with E-state index in [0.717, 1.165) is 52.6 Å². The Balaban J connectivity index is 0.733. The zero-order valence-corrected chi connectivity index (χ0v) is 32.5. The van der Waals surface area contributed by atoms with Gasteiger partial charge in [0.25, 0.3) is 11.8 Å². The van der Waals surface area contributed by atoms with Crippen molar-refractivity contribution in [3.63, 3.8) is 0 Å². The molecule has 14 nitrogen and oxygen atoms in total. The number of aromatic nitrogens is 2. The number of hydrogen-bond donors (Lipinski definition) is 2. The molecule has 4 aliphatic rings. The number of carbonyl (C=O) groups excluding carboxylic acids is 4. The molecule has 10 rings (SSSR count). The Morgan fingerprint density at radius 1 is 0.593 bits per heavy atom. The van der Waals surface area contributed by atoms with Crippen molar-refractivity contribution in [3.05, 3.63) is 108 Å². The molecular weight excluding hydrogens is 749 g/mol. The van der Waals surface area contributed by atoms with E-state index >= 15 is 0 Å². The molecule has 2 aromatic heterocycles. The minimum absolute atomic E-state index is 0.00320. The second-order valence-electron chi connectivity index (χ2n) is 16.4. The van der Waals surface area contributed by atoms with Gasteiger partial charge in [-0.25, -0.2) is 9.97 Å². The normalized spacial score (nSPS) is 21.4. The van der Waals surface area contributed by atoms with E-state index in [2.05, 4.69) is 4.98 Å². The highest BCUT2D eigenvalue weighted by atomic mass is 16.4. The van der Waals surface area contributed by atoms with Crippen molar-refractivity contribution >= 4 is 45.8 Å². The van der Waals surface area contributed by atoms with Gasteiger partial charge in [0.2, 0.25) is 17.7 Å². The van der Waals surface area contributed by atoms with E-state index in [1.54, 1.807) is 19.6 Å². The van der Waals surface area contributed by atoms with Gasteiger partial charge in [0, 0.05) is 63.5 Å². The Morgan fingerprint density at radius 3 is 1.63 bits per heavy atom. The average molecular weight is 793 g/mol. The highest BCUT2D eigenvalue weighted by Crippen LogP contribution is 2.51. The van der Waals surface area contributed by atoms with Crippen LogP contribution in [0.1, 0.15) is 58.2 Å². The molecule has 4 N–H and O–H groups in total. The third-order valence-corrected chi connectivity index (χ3v) is 12.7. The molecule has 14 heteroatoms. The van der Waals surface area contributed by atoms with E-state index in [9.17, 15) is 19.2 Å². The van der Waals surface area contributed by atoms with Crippen LogP contribution in [0.2, 0.25) is 0 Å². The predicted molar refractivity (Wildman–Crippen MR) is 219 cm³/mol. The molecule has 0 spiro atoms. The van der Waals surface area contributed by atoms with Crippen LogP contribution in [0.15, 0.2) is 100 Å². The number of oxazole rings is 2. The Hall–Kier alpha value is -6.38. The van der Waals surface area contributed by atoms with Gasteiger partial charge < -0.3 is 39.9 Å². The first-order valence-corrected chi connectivity index (χ1v) is 20.3. The van der Waals surface area contributed by atoms with Gasteiger partial charge in [-0.2, -0.15) is 0 Å². The third kappa shape index (κ3) is 6.61. The van der Waals surface area contributed by atoms with Crippen molar-refractivity contribution in [2.45, 2.75) is 42.7 Å². The van der Waals surface area contributed by atoms with Crippen LogP contribution in [-0.2, 0) is 9.59 Å². The SMILES string of the molecule is NC1(C(=O)N2CCN(C(=O)c3ccc(-c4ccc5oc(C6CC6(N)C(=O)N6CCN(C(=O)c7ccc(-c8ccc9ocnc9c8)cc7)CC6)nc5c4)cc3)CC2)CCC1. The van der Waals surface area contributed by atoms with E-state index in [4.69, 9.17) is 25.3 Å². The topological polar surface area (TPSA) is 185 Å². The van der Waals surface area contributed by atoms with Crippen LogP contribution in [0, 0.1) is 0 Å². The summed E-state index contributed by atoms with van der Waals surface area (Å²) in [5, 5.41) is 0. The zero-order valence-electron chi connectivity index (χ0n) is 32.5. The first-order valence-electron chi connectivity index (χ1n) is 20.3. The van der Waals surface area contributed by atoms with E-state index in [-0.39, 0.29) is 29.5 Å². The molecule has 59 heavy (non-hydrogen) atoms. The van der Waals surface area contributed by atoms with Crippen LogP contribution in [0.4, 0.5) is 0 Å². The fraction of sp³-hybridized carbons (Fsp3) is 0.333. The summed E-state index contributed by atoms with van der Waals surface area (Å²) in [5.74, 6) is -0.215. The summed E-state index contributed by atoms with van der Waals surface area (Å²) < 4.78 is 11.5. The van der Waals surface area contributed by atoms with Gasteiger partial charge >= 0.3 is 0 Å². The number of carbonyl (C=O) groups is 4. The maximum Gasteiger partial charge on any atom is 0.253 e. The molecule has 4 fully saturated rings. The van der Waals surface area contributed by atoms with Crippen LogP contribution in [0.3, 0.4) is 0 Å². The molecule has 2 saturated carbocycles. The summed E-state index contributed by atoms with van der Waals surface area (Å²) in [7, 11) is 0. The standard InChI is InChI=1S/C45H44N8O6/c46-44(14-1-15-44)42(56)52-20-16-50(17-21-52)40(54)31-8-4-29(5-9-31)33-11-13-38-36(25-33)49-39(59-38)34-26-45(34,47)43(57)53-22-18-51(19-23-53)41(55)30-6-2-28(3-7-30)32-10-12-37-35(24-32)48-27-58-37/h2-13,24-25,27,34H,1,14-23,26,46-47H2. The fourth-order valence-electron chi connectivity index (χ4n) is 8.72. The van der Waals surface area contributed by atoms with Crippen LogP contribution in [0.5, 0.6) is 0 Å². The lowest BCUT2D eigenvalue weighted by atomic mass is 9.76. The van der Waals surface area contributed by atoms with Crippen molar-refractivity contribution in [1.29, 1.82) is 0 Å². The number of nitrogens with zero attached hydrogens (tertiary/aromatic N) is 6. The number of benzene rings is 4.